The molecule has 3 saturated heterocycles. The first kappa shape index (κ1) is 26.3. The Kier molecular flexibility index (Phi) is 15.6. The fraction of sp³-hybridized carbons (Fsp3) is 1.00. The summed E-state index contributed by atoms with van der Waals surface area (Å²) in [5.41, 5.74) is 0. The van der Waals surface area contributed by atoms with E-state index in [4.69, 9.17) is 14.2 Å². The summed E-state index contributed by atoms with van der Waals surface area (Å²) in [5.74, 6) is 11.2. The third-order valence-electron chi connectivity index (χ3n) is 4.08. The average molecular weight is 553 g/mol. The molecule has 3 fully saturated rings. The quantitative estimate of drug-likeness (QED) is 0.0909. The number of hydrogen-bond donors (Lipinski definition) is 0. The normalized spacial score (nSPS) is 25.9. The Balaban J connectivity index is 1.15. The van der Waals surface area contributed by atoms with E-state index in [9.17, 15) is 0 Å². The van der Waals surface area contributed by atoms with E-state index in [1.165, 1.54) is 58.9 Å². The first-order chi connectivity index (χ1) is 14.4. The topological polar surface area (TPSA) is 37.6 Å². The third-order valence-corrected chi connectivity index (χ3v) is 14.6. The van der Waals surface area contributed by atoms with Crippen LogP contribution in [0, 0.1) is 0 Å². The maximum absolute atomic E-state index is 5.29. The van der Waals surface area contributed by atoms with E-state index in [2.05, 4.69) is 23.5 Å². The summed E-state index contributed by atoms with van der Waals surface area (Å²) >= 11 is 4.36. The summed E-state index contributed by atoms with van der Waals surface area (Å²) in [6, 6.07) is 0. The molecule has 0 amide bonds. The lowest BCUT2D eigenvalue weighted by atomic mass is 10.4. The minimum atomic E-state index is 0.552. The van der Waals surface area contributed by atoms with Gasteiger partial charge in [0.25, 0.3) is 0 Å². The zero-order valence-corrected chi connectivity index (χ0v) is 23.2. The highest BCUT2D eigenvalue weighted by Gasteiger charge is 2.23. The van der Waals surface area contributed by atoms with Crippen LogP contribution in [0.5, 0.6) is 0 Å². The molecule has 11 heteroatoms. The second kappa shape index (κ2) is 17.2. The van der Waals surface area contributed by atoms with E-state index < -0.39 is 0 Å². The Bertz CT molecular complexity index is 411. The van der Waals surface area contributed by atoms with Crippen LogP contribution in [0.3, 0.4) is 0 Å². The second-order valence-corrected chi connectivity index (χ2v) is 17.3. The molecule has 3 nitrogen and oxygen atoms in total. The highest BCUT2D eigenvalue weighted by molar-refractivity contribution is 8.77. The van der Waals surface area contributed by atoms with Gasteiger partial charge < -0.3 is 14.2 Å². The summed E-state index contributed by atoms with van der Waals surface area (Å²) in [5, 5.41) is 0.802. The van der Waals surface area contributed by atoms with E-state index >= 15 is 0 Å². The van der Waals surface area contributed by atoms with Gasteiger partial charge in [-0.15, -0.1) is 0 Å². The van der Waals surface area contributed by atoms with Crippen LogP contribution in [0.1, 0.15) is 12.8 Å². The predicted octanol–water partition coefficient (Wildman–Crippen LogP) is 5.94. The van der Waals surface area contributed by atoms with Gasteiger partial charge in [-0.2, -0.15) is 23.5 Å². The molecule has 0 radical (unpaired) electrons. The standard InChI is InChI=1S/C18H32O3S8/c1(4-24-27-11-15-8-19-15)3-22-14-18(2-5-25-28-12-16-9-20-16)23-6-7-26-29-13-17-10-21-17/h15-18H,1-14H2. The Hall–Kier alpha value is 2.68. The molecular weight excluding hydrogens is 521 g/mol. The van der Waals surface area contributed by atoms with Gasteiger partial charge in [-0.1, -0.05) is 64.8 Å². The number of rotatable bonds is 22. The highest BCUT2D eigenvalue weighted by atomic mass is 33.1. The lowest BCUT2D eigenvalue weighted by molar-refractivity contribution is 0.426. The highest BCUT2D eigenvalue weighted by Crippen LogP contribution is 2.32. The van der Waals surface area contributed by atoms with Crippen LogP contribution < -0.4 is 0 Å². The maximum Gasteiger partial charge on any atom is 0.0908 e. The van der Waals surface area contributed by atoms with E-state index in [1.54, 1.807) is 0 Å². The van der Waals surface area contributed by atoms with E-state index in [1.807, 2.05) is 64.8 Å². The minimum absolute atomic E-state index is 0.552. The Morgan fingerprint density at radius 2 is 1.17 bits per heavy atom. The third kappa shape index (κ3) is 16.0. The monoisotopic (exact) mass is 552 g/mol. The molecule has 0 aliphatic carbocycles. The molecule has 3 aliphatic heterocycles. The van der Waals surface area contributed by atoms with Crippen LogP contribution in [0.2, 0.25) is 0 Å². The lowest BCUT2D eigenvalue weighted by Gasteiger charge is -2.16. The van der Waals surface area contributed by atoms with Gasteiger partial charge in [0.1, 0.15) is 0 Å². The lowest BCUT2D eigenvalue weighted by Crippen LogP contribution is -2.10. The van der Waals surface area contributed by atoms with Crippen LogP contribution >= 0.6 is 88.3 Å². The van der Waals surface area contributed by atoms with Crippen molar-refractivity contribution < 1.29 is 14.2 Å². The second-order valence-electron chi connectivity index (χ2n) is 6.90. The molecule has 3 aliphatic rings. The number of epoxide rings is 3. The van der Waals surface area contributed by atoms with Crippen molar-refractivity contribution in [1.29, 1.82) is 0 Å². The van der Waals surface area contributed by atoms with Gasteiger partial charge in [0, 0.05) is 51.3 Å². The summed E-state index contributed by atoms with van der Waals surface area (Å²) in [7, 11) is 12.1. The molecule has 0 spiro atoms. The van der Waals surface area contributed by atoms with Crippen LogP contribution in [-0.4, -0.2) is 95.2 Å². The first-order valence-corrected chi connectivity index (χ1v) is 19.8. The fourth-order valence-corrected chi connectivity index (χ4v) is 12.2. The molecule has 0 aromatic heterocycles. The van der Waals surface area contributed by atoms with Gasteiger partial charge in [0.05, 0.1) is 38.1 Å². The average Bonchev–Trinajstić information content (AvgIpc) is 3.55. The van der Waals surface area contributed by atoms with E-state index in [0.717, 1.165) is 30.8 Å². The van der Waals surface area contributed by atoms with Crippen LogP contribution in [0.25, 0.3) is 0 Å². The zero-order valence-electron chi connectivity index (χ0n) is 16.7. The molecule has 0 bridgehead atoms. The molecule has 0 aromatic rings. The van der Waals surface area contributed by atoms with Crippen molar-refractivity contribution in [3.8, 4) is 0 Å². The van der Waals surface area contributed by atoms with Crippen molar-refractivity contribution in [3.05, 3.63) is 0 Å². The van der Waals surface area contributed by atoms with Crippen molar-refractivity contribution >= 4 is 88.3 Å². The maximum atomic E-state index is 5.29. The summed E-state index contributed by atoms with van der Waals surface area (Å²) in [4.78, 5) is 0. The molecule has 0 saturated carbocycles. The molecule has 0 aromatic carbocycles. The van der Waals surface area contributed by atoms with Crippen molar-refractivity contribution in [1.82, 2.24) is 0 Å². The minimum Gasteiger partial charge on any atom is -0.372 e. The van der Waals surface area contributed by atoms with E-state index in [-0.39, 0.29) is 0 Å². The summed E-state index contributed by atoms with van der Waals surface area (Å²) in [6.07, 6.45) is 4.33. The Labute approximate surface area is 208 Å². The van der Waals surface area contributed by atoms with Gasteiger partial charge in [0.15, 0.2) is 0 Å². The van der Waals surface area contributed by atoms with Gasteiger partial charge in [-0.3, -0.25) is 0 Å². The molecule has 3 rings (SSSR count). The number of hydrogen-bond acceptors (Lipinski definition) is 11. The summed E-state index contributed by atoms with van der Waals surface area (Å²) < 4.78 is 15.8. The number of ether oxygens (including phenoxy) is 3. The first-order valence-electron chi connectivity index (χ1n) is 10.2. The molecular formula is C18H32O3S8. The van der Waals surface area contributed by atoms with Crippen molar-refractivity contribution in [2.24, 2.45) is 0 Å². The van der Waals surface area contributed by atoms with Crippen molar-refractivity contribution in [2.45, 2.75) is 36.4 Å². The summed E-state index contributed by atoms with van der Waals surface area (Å²) in [6.45, 7) is 2.95. The van der Waals surface area contributed by atoms with Gasteiger partial charge in [-0.25, -0.2) is 0 Å². The van der Waals surface area contributed by atoms with E-state index in [0.29, 0.717) is 18.3 Å². The molecule has 29 heavy (non-hydrogen) atoms. The predicted molar refractivity (Wildman–Crippen MR) is 147 cm³/mol. The Morgan fingerprint density at radius 1 is 0.621 bits per heavy atom. The zero-order chi connectivity index (χ0) is 20.0. The number of thioether (sulfide) groups is 2. The van der Waals surface area contributed by atoms with Crippen LogP contribution in [0.15, 0.2) is 0 Å². The van der Waals surface area contributed by atoms with Crippen LogP contribution in [0.4, 0.5) is 0 Å². The molecule has 3 heterocycles. The largest absolute Gasteiger partial charge is 0.372 e. The van der Waals surface area contributed by atoms with Gasteiger partial charge in [-0.05, 0) is 18.6 Å². The Morgan fingerprint density at radius 3 is 1.76 bits per heavy atom. The molecule has 0 N–H and O–H groups in total. The molecule has 4 atom stereocenters. The smallest absolute Gasteiger partial charge is 0.0908 e. The van der Waals surface area contributed by atoms with Crippen molar-refractivity contribution in [2.75, 3.05) is 71.6 Å². The molecule has 4 unspecified atom stereocenters. The molecule has 170 valence electrons. The fourth-order valence-electron chi connectivity index (χ4n) is 2.12. The van der Waals surface area contributed by atoms with Gasteiger partial charge in [0.2, 0.25) is 0 Å². The van der Waals surface area contributed by atoms with Crippen LogP contribution in [-0.2, 0) is 14.2 Å². The van der Waals surface area contributed by atoms with Gasteiger partial charge >= 0.3 is 0 Å². The SMILES string of the molecule is C(CSCC(CCSSCC1CO1)SCCSSCC1CO1)CSSCC1CO1. The van der Waals surface area contributed by atoms with Crippen molar-refractivity contribution in [3.63, 3.8) is 0 Å².